The normalized spacial score (nSPS) is 15.1. The van der Waals surface area contributed by atoms with Crippen LogP contribution in [0.25, 0.3) is 0 Å². The summed E-state index contributed by atoms with van der Waals surface area (Å²) in [7, 11) is 0. The maximum absolute atomic E-state index is 12.6. The first-order valence-electron chi connectivity index (χ1n) is 9.20. The fourth-order valence-corrected chi connectivity index (χ4v) is 3.54. The number of benzene rings is 1. The minimum absolute atomic E-state index is 0.0980. The van der Waals surface area contributed by atoms with E-state index in [0.717, 1.165) is 18.4 Å². The molecule has 0 aliphatic heterocycles. The quantitative estimate of drug-likeness (QED) is 0.766. The monoisotopic (exact) mass is 330 g/mol. The molecule has 0 unspecified atom stereocenters. The second-order valence-corrected chi connectivity index (χ2v) is 6.65. The second kappa shape index (κ2) is 9.45. The summed E-state index contributed by atoms with van der Waals surface area (Å²) in [5.74, 6) is 0.226. The Kier molecular flexibility index (Phi) is 7.29. The summed E-state index contributed by atoms with van der Waals surface area (Å²) < 4.78 is 0. The van der Waals surface area contributed by atoms with Crippen LogP contribution in [0.4, 0.5) is 0 Å². The van der Waals surface area contributed by atoms with Gasteiger partial charge in [-0.2, -0.15) is 0 Å². The van der Waals surface area contributed by atoms with E-state index in [1.807, 2.05) is 47.1 Å². The van der Waals surface area contributed by atoms with Crippen molar-refractivity contribution in [3.05, 3.63) is 35.9 Å². The van der Waals surface area contributed by atoms with Crippen molar-refractivity contribution in [3.8, 4) is 0 Å². The molecule has 0 atom stereocenters. The van der Waals surface area contributed by atoms with Crippen LogP contribution in [0.15, 0.2) is 30.3 Å². The van der Waals surface area contributed by atoms with Gasteiger partial charge in [-0.3, -0.25) is 9.59 Å². The number of nitrogens with zero attached hydrogens (tertiary/aromatic N) is 2. The highest BCUT2D eigenvalue weighted by atomic mass is 16.2. The van der Waals surface area contributed by atoms with E-state index < -0.39 is 0 Å². The molecule has 0 bridgehead atoms. The van der Waals surface area contributed by atoms with Gasteiger partial charge in [-0.05, 0) is 25.3 Å². The number of carbonyl (C=O) groups excluding carboxylic acids is 2. The van der Waals surface area contributed by atoms with Gasteiger partial charge in [-0.25, -0.2) is 0 Å². The summed E-state index contributed by atoms with van der Waals surface area (Å²) in [4.78, 5) is 28.4. The topological polar surface area (TPSA) is 40.6 Å². The van der Waals surface area contributed by atoms with Crippen LogP contribution in [0.5, 0.6) is 0 Å². The molecule has 1 fully saturated rings. The predicted octanol–water partition coefficient (Wildman–Crippen LogP) is 3.61. The maximum atomic E-state index is 12.6. The van der Waals surface area contributed by atoms with Gasteiger partial charge in [0.25, 0.3) is 0 Å². The molecule has 0 radical (unpaired) electrons. The largest absolute Gasteiger partial charge is 0.339 e. The van der Waals surface area contributed by atoms with Crippen molar-refractivity contribution < 1.29 is 9.59 Å². The number of carbonyl (C=O) groups is 2. The average Bonchev–Trinajstić information content (AvgIpc) is 2.61. The van der Waals surface area contributed by atoms with Gasteiger partial charge in [-0.15, -0.1) is 0 Å². The molecule has 0 N–H and O–H groups in total. The van der Waals surface area contributed by atoms with Crippen LogP contribution < -0.4 is 0 Å². The lowest BCUT2D eigenvalue weighted by Gasteiger charge is -2.34. The van der Waals surface area contributed by atoms with Crippen LogP contribution in [0, 0.1) is 0 Å². The van der Waals surface area contributed by atoms with Crippen LogP contribution in [-0.4, -0.2) is 40.7 Å². The maximum Gasteiger partial charge on any atom is 0.224 e. The summed E-state index contributed by atoms with van der Waals surface area (Å²) in [6.07, 6.45) is 6.22. The lowest BCUT2D eigenvalue weighted by Crippen LogP contribution is -2.42. The Labute approximate surface area is 145 Å². The van der Waals surface area contributed by atoms with Gasteiger partial charge in [0.2, 0.25) is 11.8 Å². The lowest BCUT2D eigenvalue weighted by atomic mass is 9.94. The molecule has 1 aliphatic rings. The number of amides is 2. The highest BCUT2D eigenvalue weighted by Gasteiger charge is 2.24. The van der Waals surface area contributed by atoms with Gasteiger partial charge in [0.15, 0.2) is 0 Å². The van der Waals surface area contributed by atoms with Gasteiger partial charge in [0.1, 0.15) is 0 Å². The van der Waals surface area contributed by atoms with Crippen LogP contribution in [0.1, 0.15) is 57.9 Å². The zero-order valence-electron chi connectivity index (χ0n) is 15.0. The molecule has 4 nitrogen and oxygen atoms in total. The van der Waals surface area contributed by atoms with E-state index in [-0.39, 0.29) is 11.8 Å². The van der Waals surface area contributed by atoms with Crippen molar-refractivity contribution in [2.24, 2.45) is 0 Å². The first-order chi connectivity index (χ1) is 11.6. The van der Waals surface area contributed by atoms with Crippen LogP contribution in [0.3, 0.4) is 0 Å². The molecule has 0 saturated heterocycles. The molecule has 0 spiro atoms. The van der Waals surface area contributed by atoms with Crippen molar-refractivity contribution in [3.63, 3.8) is 0 Å². The fourth-order valence-electron chi connectivity index (χ4n) is 3.54. The third kappa shape index (κ3) is 5.36. The lowest BCUT2D eigenvalue weighted by molar-refractivity contribution is -0.135. The molecule has 132 valence electrons. The predicted molar refractivity (Wildman–Crippen MR) is 96.4 cm³/mol. The SMILES string of the molecule is CCN(Cc1ccccc1)C(=O)CCN(C(C)=O)C1CCCCC1. The first-order valence-corrected chi connectivity index (χ1v) is 9.20. The molecule has 0 aromatic heterocycles. The average molecular weight is 330 g/mol. The van der Waals surface area contributed by atoms with Crippen LogP contribution in [0.2, 0.25) is 0 Å². The molecular weight excluding hydrogens is 300 g/mol. The summed E-state index contributed by atoms with van der Waals surface area (Å²) in [5, 5.41) is 0. The highest BCUT2D eigenvalue weighted by molar-refractivity contribution is 5.78. The van der Waals surface area contributed by atoms with Crippen LogP contribution in [-0.2, 0) is 16.1 Å². The zero-order chi connectivity index (χ0) is 17.4. The fraction of sp³-hybridized carbons (Fsp3) is 0.600. The Bertz CT molecular complexity index is 524. The third-order valence-corrected chi connectivity index (χ3v) is 4.94. The molecular formula is C20H30N2O2. The van der Waals surface area contributed by atoms with Crippen molar-refractivity contribution in [1.82, 2.24) is 9.80 Å². The smallest absolute Gasteiger partial charge is 0.224 e. The summed E-state index contributed by atoms with van der Waals surface area (Å²) >= 11 is 0. The van der Waals surface area contributed by atoms with Crippen molar-refractivity contribution in [2.75, 3.05) is 13.1 Å². The summed E-state index contributed by atoms with van der Waals surface area (Å²) in [6, 6.07) is 10.4. The van der Waals surface area contributed by atoms with Gasteiger partial charge in [0.05, 0.1) is 0 Å². The van der Waals surface area contributed by atoms with E-state index >= 15 is 0 Å². The van der Waals surface area contributed by atoms with Crippen molar-refractivity contribution >= 4 is 11.8 Å². The molecule has 1 saturated carbocycles. The number of hydrogen-bond acceptors (Lipinski definition) is 2. The van der Waals surface area contributed by atoms with E-state index in [0.29, 0.717) is 32.1 Å². The van der Waals surface area contributed by atoms with E-state index in [9.17, 15) is 9.59 Å². The van der Waals surface area contributed by atoms with Gasteiger partial charge in [0, 0.05) is 39.0 Å². The Morgan fingerprint density at radius 2 is 1.75 bits per heavy atom. The Morgan fingerprint density at radius 1 is 1.08 bits per heavy atom. The van der Waals surface area contributed by atoms with Gasteiger partial charge < -0.3 is 9.80 Å². The molecule has 1 aromatic carbocycles. The Hall–Kier alpha value is -1.84. The standard InChI is InChI=1S/C20H30N2O2/c1-3-21(16-18-10-6-4-7-11-18)20(24)14-15-22(17(2)23)19-12-8-5-9-13-19/h4,6-7,10-11,19H,3,5,8-9,12-16H2,1-2H3. The Morgan fingerprint density at radius 3 is 2.33 bits per heavy atom. The molecule has 4 heteroatoms. The Balaban J connectivity index is 1.89. The molecule has 1 aromatic rings. The first kappa shape index (κ1) is 18.5. The highest BCUT2D eigenvalue weighted by Crippen LogP contribution is 2.23. The summed E-state index contributed by atoms with van der Waals surface area (Å²) in [5.41, 5.74) is 1.14. The van der Waals surface area contributed by atoms with E-state index in [2.05, 4.69) is 0 Å². The minimum Gasteiger partial charge on any atom is -0.339 e. The van der Waals surface area contributed by atoms with Gasteiger partial charge in [-0.1, -0.05) is 49.6 Å². The minimum atomic E-state index is 0.0980. The van der Waals surface area contributed by atoms with Crippen LogP contribution >= 0.6 is 0 Å². The van der Waals surface area contributed by atoms with Gasteiger partial charge >= 0.3 is 0 Å². The van der Waals surface area contributed by atoms with Crippen molar-refractivity contribution in [2.45, 2.75) is 65.0 Å². The van der Waals surface area contributed by atoms with E-state index in [4.69, 9.17) is 0 Å². The molecule has 0 heterocycles. The molecule has 24 heavy (non-hydrogen) atoms. The zero-order valence-corrected chi connectivity index (χ0v) is 15.0. The number of hydrogen-bond donors (Lipinski definition) is 0. The molecule has 2 amide bonds. The third-order valence-electron chi connectivity index (χ3n) is 4.94. The summed E-state index contributed by atoms with van der Waals surface area (Å²) in [6.45, 7) is 5.51. The number of rotatable bonds is 7. The van der Waals surface area contributed by atoms with Crippen molar-refractivity contribution in [1.29, 1.82) is 0 Å². The molecule has 2 rings (SSSR count). The van der Waals surface area contributed by atoms with E-state index in [1.165, 1.54) is 19.3 Å². The van der Waals surface area contributed by atoms with E-state index in [1.54, 1.807) is 6.92 Å². The second-order valence-electron chi connectivity index (χ2n) is 6.65. The molecule has 1 aliphatic carbocycles.